The maximum atomic E-state index is 12.4. The summed E-state index contributed by atoms with van der Waals surface area (Å²) < 4.78 is 76.1. The fourth-order valence-corrected chi connectivity index (χ4v) is 1.09. The lowest BCUT2D eigenvalue weighted by atomic mass is 10.2. The summed E-state index contributed by atoms with van der Waals surface area (Å²) in [6.45, 7) is 0. The molecule has 1 aromatic heterocycles. The van der Waals surface area contributed by atoms with E-state index in [4.69, 9.17) is 0 Å². The minimum Gasteiger partial charge on any atom is -0.403 e. The molecule has 100 valence electrons. The highest BCUT2D eigenvalue weighted by molar-refractivity contribution is 5.77. The van der Waals surface area contributed by atoms with Gasteiger partial charge >= 0.3 is 12.5 Å². The molecule has 0 spiro atoms. The van der Waals surface area contributed by atoms with Gasteiger partial charge in [0.1, 0.15) is 11.3 Å². The molecular weight excluding hydrogens is 272 g/mol. The number of alkyl halides is 6. The first-order valence-corrected chi connectivity index (χ1v) is 4.10. The molecule has 0 fully saturated rings. The van der Waals surface area contributed by atoms with E-state index in [-0.39, 0.29) is 12.4 Å². The third kappa shape index (κ3) is 3.25. The van der Waals surface area contributed by atoms with Crippen molar-refractivity contribution in [3.63, 3.8) is 0 Å². The van der Waals surface area contributed by atoms with E-state index in [1.54, 1.807) is 0 Å². The van der Waals surface area contributed by atoms with Crippen LogP contribution in [0.4, 0.5) is 26.3 Å². The lowest BCUT2D eigenvalue weighted by Crippen LogP contribution is -2.24. The summed E-state index contributed by atoms with van der Waals surface area (Å²) >= 11 is 0. The maximum Gasteiger partial charge on any atom is 0.573 e. The van der Waals surface area contributed by atoms with Crippen LogP contribution in [0.2, 0.25) is 0 Å². The Balaban J connectivity index is 3.53. The largest absolute Gasteiger partial charge is 0.573 e. The zero-order valence-electron chi connectivity index (χ0n) is 8.15. The van der Waals surface area contributed by atoms with Crippen LogP contribution in [0.5, 0.6) is 5.75 Å². The Labute approximate surface area is 94.2 Å². The number of pyridine rings is 1. The molecule has 1 heterocycles. The third-order valence-corrected chi connectivity index (χ3v) is 1.66. The minimum absolute atomic E-state index is 0.131. The summed E-state index contributed by atoms with van der Waals surface area (Å²) in [5, 5.41) is 0. The molecule has 1 aromatic rings. The Morgan fingerprint density at radius 2 is 1.72 bits per heavy atom. The fourth-order valence-electron chi connectivity index (χ4n) is 1.09. The summed E-state index contributed by atoms with van der Waals surface area (Å²) in [7, 11) is 0. The highest BCUT2D eigenvalue weighted by atomic mass is 19.4. The summed E-state index contributed by atoms with van der Waals surface area (Å²) in [5.74, 6) is -1.79. The van der Waals surface area contributed by atoms with Gasteiger partial charge in [0.2, 0.25) is 5.56 Å². The first-order chi connectivity index (χ1) is 8.04. The molecule has 0 amide bonds. The van der Waals surface area contributed by atoms with Crippen LogP contribution in [0.15, 0.2) is 10.9 Å². The Kier molecular flexibility index (Phi) is 3.40. The molecule has 1 N–H and O–H groups in total. The number of carbonyl (C=O) groups is 1. The van der Waals surface area contributed by atoms with Gasteiger partial charge in [-0.25, -0.2) is 0 Å². The lowest BCUT2D eigenvalue weighted by molar-refractivity contribution is -0.276. The molecule has 0 bridgehead atoms. The van der Waals surface area contributed by atoms with E-state index in [0.29, 0.717) is 0 Å². The smallest absolute Gasteiger partial charge is 0.403 e. The minimum atomic E-state index is -5.43. The number of aldehydes is 1. The first kappa shape index (κ1) is 14.1. The molecule has 0 saturated carbocycles. The van der Waals surface area contributed by atoms with E-state index in [9.17, 15) is 35.9 Å². The number of aromatic amines is 1. The molecule has 18 heavy (non-hydrogen) atoms. The maximum absolute atomic E-state index is 12.4. The number of ether oxygens (including phenoxy) is 1. The molecule has 4 nitrogen and oxygen atoms in total. The van der Waals surface area contributed by atoms with Crippen molar-refractivity contribution in [1.82, 2.24) is 4.98 Å². The Morgan fingerprint density at radius 1 is 1.17 bits per heavy atom. The van der Waals surface area contributed by atoms with Crippen molar-refractivity contribution in [3.05, 3.63) is 27.7 Å². The molecule has 0 aliphatic carbocycles. The topological polar surface area (TPSA) is 59.2 Å². The van der Waals surface area contributed by atoms with Crippen molar-refractivity contribution in [3.8, 4) is 5.75 Å². The van der Waals surface area contributed by atoms with Gasteiger partial charge in [0.25, 0.3) is 0 Å². The number of aromatic nitrogens is 1. The fraction of sp³-hybridized carbons (Fsp3) is 0.250. The van der Waals surface area contributed by atoms with E-state index < -0.39 is 35.1 Å². The van der Waals surface area contributed by atoms with Gasteiger partial charge in [0, 0.05) is 6.07 Å². The van der Waals surface area contributed by atoms with E-state index in [1.807, 2.05) is 0 Å². The van der Waals surface area contributed by atoms with Gasteiger partial charge in [0.05, 0.1) is 0 Å². The monoisotopic (exact) mass is 275 g/mol. The number of rotatable bonds is 2. The van der Waals surface area contributed by atoms with Crippen LogP contribution in [-0.2, 0) is 6.18 Å². The van der Waals surface area contributed by atoms with Crippen molar-refractivity contribution >= 4 is 6.29 Å². The van der Waals surface area contributed by atoms with E-state index in [2.05, 4.69) is 4.74 Å². The molecule has 10 heteroatoms. The predicted molar refractivity (Wildman–Crippen MR) is 44.1 cm³/mol. The molecule has 0 radical (unpaired) electrons. The quantitative estimate of drug-likeness (QED) is 0.664. The van der Waals surface area contributed by atoms with Crippen molar-refractivity contribution in [1.29, 1.82) is 0 Å². The van der Waals surface area contributed by atoms with E-state index >= 15 is 0 Å². The molecular formula is C8H3F6NO3. The molecule has 0 atom stereocenters. The van der Waals surface area contributed by atoms with Crippen molar-refractivity contribution in [2.24, 2.45) is 0 Å². The average molecular weight is 275 g/mol. The number of H-pyrrole nitrogens is 1. The summed E-state index contributed by atoms with van der Waals surface area (Å²) in [4.78, 5) is 22.7. The molecule has 0 unspecified atom stereocenters. The van der Waals surface area contributed by atoms with Gasteiger partial charge in [0.15, 0.2) is 12.0 Å². The van der Waals surface area contributed by atoms with Crippen molar-refractivity contribution in [2.75, 3.05) is 0 Å². The summed E-state index contributed by atoms with van der Waals surface area (Å²) in [6.07, 6.45) is -11.1. The van der Waals surface area contributed by atoms with Crippen molar-refractivity contribution in [2.45, 2.75) is 12.5 Å². The van der Waals surface area contributed by atoms with Gasteiger partial charge < -0.3 is 9.72 Å². The first-order valence-electron chi connectivity index (χ1n) is 4.10. The number of hydrogen-bond donors (Lipinski definition) is 1. The van der Waals surface area contributed by atoms with Crippen LogP contribution >= 0.6 is 0 Å². The van der Waals surface area contributed by atoms with Gasteiger partial charge in [-0.2, -0.15) is 13.2 Å². The van der Waals surface area contributed by atoms with Crippen LogP contribution < -0.4 is 10.3 Å². The second kappa shape index (κ2) is 4.35. The van der Waals surface area contributed by atoms with Crippen LogP contribution in [0.3, 0.4) is 0 Å². The second-order valence-electron chi connectivity index (χ2n) is 2.95. The van der Waals surface area contributed by atoms with E-state index in [0.717, 1.165) is 0 Å². The third-order valence-electron chi connectivity index (χ3n) is 1.66. The van der Waals surface area contributed by atoms with Crippen LogP contribution in [0.1, 0.15) is 16.1 Å². The van der Waals surface area contributed by atoms with E-state index in [1.165, 1.54) is 4.98 Å². The van der Waals surface area contributed by atoms with Gasteiger partial charge in [-0.1, -0.05) is 0 Å². The summed E-state index contributed by atoms with van der Waals surface area (Å²) in [5.41, 5.74) is -4.60. The Hall–Kier alpha value is -2.00. The zero-order chi connectivity index (χ0) is 14.1. The van der Waals surface area contributed by atoms with Gasteiger partial charge in [-0.05, 0) is 0 Å². The highest BCUT2D eigenvalue weighted by Crippen LogP contribution is 2.38. The number of halogens is 6. The van der Waals surface area contributed by atoms with Crippen molar-refractivity contribution < 1.29 is 35.9 Å². The molecule has 1 rings (SSSR count). The highest BCUT2D eigenvalue weighted by Gasteiger charge is 2.41. The summed E-state index contributed by atoms with van der Waals surface area (Å²) in [6, 6.07) is -0.131. The standard InChI is InChI=1S/C8H3F6NO3/c9-7(10,11)3-1-5(17)15-4(2-16)6(3)18-8(12,13)14/h1-2H,(H,15,17). The zero-order valence-corrected chi connectivity index (χ0v) is 8.15. The Morgan fingerprint density at radius 3 is 2.11 bits per heavy atom. The SMILES string of the molecule is O=Cc1[nH]c(=O)cc(C(F)(F)F)c1OC(F)(F)F. The average Bonchev–Trinajstić information content (AvgIpc) is 2.16. The van der Waals surface area contributed by atoms with Crippen LogP contribution in [-0.4, -0.2) is 17.6 Å². The Bertz CT molecular complexity index is 515. The number of carbonyl (C=O) groups excluding carboxylic acids is 1. The number of nitrogens with one attached hydrogen (secondary N) is 1. The normalized spacial score (nSPS) is 12.3. The second-order valence-corrected chi connectivity index (χ2v) is 2.95. The molecule has 0 aliphatic rings. The lowest BCUT2D eigenvalue weighted by Gasteiger charge is -2.16. The van der Waals surface area contributed by atoms with Gasteiger partial charge in [-0.3, -0.25) is 9.59 Å². The number of hydrogen-bond acceptors (Lipinski definition) is 3. The van der Waals surface area contributed by atoms with Crippen LogP contribution in [0, 0.1) is 0 Å². The van der Waals surface area contributed by atoms with Gasteiger partial charge in [-0.15, -0.1) is 13.2 Å². The van der Waals surface area contributed by atoms with Crippen LogP contribution in [0.25, 0.3) is 0 Å². The predicted octanol–water partition coefficient (Wildman–Crippen LogP) is 2.10. The molecule has 0 aliphatic heterocycles. The molecule has 0 aromatic carbocycles. The molecule has 0 saturated heterocycles.